The first-order chi connectivity index (χ1) is 6.66. The van der Waals surface area contributed by atoms with Crippen LogP contribution in [0, 0.1) is 17.3 Å². The predicted molar refractivity (Wildman–Crippen MR) is 52.0 cm³/mol. The van der Waals surface area contributed by atoms with E-state index in [1.54, 1.807) is 0 Å². The summed E-state index contributed by atoms with van der Waals surface area (Å²) in [6.07, 6.45) is 4.49. The van der Waals surface area contributed by atoms with Crippen molar-refractivity contribution < 1.29 is 14.6 Å². The summed E-state index contributed by atoms with van der Waals surface area (Å²) in [4.78, 5) is 11.0. The average molecular weight is 198 g/mol. The normalized spacial score (nSPS) is 32.2. The van der Waals surface area contributed by atoms with Crippen LogP contribution in [-0.2, 0) is 9.53 Å². The fourth-order valence-corrected chi connectivity index (χ4v) is 3.00. The summed E-state index contributed by atoms with van der Waals surface area (Å²) in [6, 6.07) is 0. The number of carboxylic acids is 1. The molecular formula is C11H18O3. The van der Waals surface area contributed by atoms with Gasteiger partial charge in [-0.1, -0.05) is 13.3 Å². The number of hydrogen-bond acceptors (Lipinski definition) is 2. The van der Waals surface area contributed by atoms with E-state index in [2.05, 4.69) is 0 Å². The van der Waals surface area contributed by atoms with Gasteiger partial charge in [-0.15, -0.1) is 0 Å². The molecule has 1 saturated heterocycles. The summed E-state index contributed by atoms with van der Waals surface area (Å²) in [7, 11) is 0. The van der Waals surface area contributed by atoms with Crippen LogP contribution in [0.5, 0.6) is 0 Å². The van der Waals surface area contributed by atoms with Gasteiger partial charge in [0.05, 0.1) is 12.5 Å². The molecule has 14 heavy (non-hydrogen) atoms. The van der Waals surface area contributed by atoms with E-state index in [1.807, 2.05) is 6.92 Å². The molecule has 1 heterocycles. The van der Waals surface area contributed by atoms with Crippen LogP contribution in [0.1, 0.15) is 32.6 Å². The molecule has 1 aliphatic carbocycles. The summed E-state index contributed by atoms with van der Waals surface area (Å²) < 4.78 is 5.49. The first-order valence-corrected chi connectivity index (χ1v) is 5.46. The summed E-state index contributed by atoms with van der Waals surface area (Å²) in [5, 5.41) is 9.05. The maximum atomic E-state index is 11.0. The molecule has 2 unspecified atom stereocenters. The number of ether oxygens (including phenoxy) is 1. The van der Waals surface area contributed by atoms with E-state index in [9.17, 15) is 4.79 Å². The Morgan fingerprint density at radius 3 is 2.79 bits per heavy atom. The zero-order chi connectivity index (χ0) is 10.2. The highest BCUT2D eigenvalue weighted by Gasteiger charge is 2.49. The van der Waals surface area contributed by atoms with Gasteiger partial charge in [0.15, 0.2) is 0 Å². The Morgan fingerprint density at radius 1 is 1.57 bits per heavy atom. The Morgan fingerprint density at radius 2 is 2.29 bits per heavy atom. The minimum Gasteiger partial charge on any atom is -0.481 e. The molecule has 0 aromatic rings. The molecule has 3 nitrogen and oxygen atoms in total. The van der Waals surface area contributed by atoms with Gasteiger partial charge in [0, 0.05) is 6.61 Å². The molecule has 80 valence electrons. The highest BCUT2D eigenvalue weighted by atomic mass is 16.5. The SMILES string of the molecule is CC(C(=O)O)C1CCOCC12CCC2. The van der Waals surface area contributed by atoms with Crippen LogP contribution in [0.2, 0.25) is 0 Å². The molecule has 1 aliphatic heterocycles. The number of aliphatic carboxylic acids is 1. The highest BCUT2D eigenvalue weighted by molar-refractivity contribution is 5.70. The van der Waals surface area contributed by atoms with E-state index in [0.717, 1.165) is 32.5 Å². The monoisotopic (exact) mass is 198 g/mol. The van der Waals surface area contributed by atoms with Crippen molar-refractivity contribution in [1.29, 1.82) is 0 Å². The van der Waals surface area contributed by atoms with Crippen molar-refractivity contribution in [3.63, 3.8) is 0 Å². The lowest BCUT2D eigenvalue weighted by Crippen LogP contribution is -2.49. The zero-order valence-corrected chi connectivity index (χ0v) is 8.66. The van der Waals surface area contributed by atoms with Gasteiger partial charge in [-0.25, -0.2) is 0 Å². The molecule has 0 bridgehead atoms. The zero-order valence-electron chi connectivity index (χ0n) is 8.66. The van der Waals surface area contributed by atoms with Crippen molar-refractivity contribution >= 4 is 5.97 Å². The first kappa shape index (κ1) is 9.97. The first-order valence-electron chi connectivity index (χ1n) is 5.46. The maximum absolute atomic E-state index is 11.0. The van der Waals surface area contributed by atoms with Crippen molar-refractivity contribution in [3.05, 3.63) is 0 Å². The number of carbonyl (C=O) groups is 1. The van der Waals surface area contributed by atoms with Crippen molar-refractivity contribution in [2.24, 2.45) is 17.3 Å². The van der Waals surface area contributed by atoms with Crippen LogP contribution in [0.3, 0.4) is 0 Å². The fraction of sp³-hybridized carbons (Fsp3) is 0.909. The molecule has 2 fully saturated rings. The van der Waals surface area contributed by atoms with Crippen LogP contribution in [0.15, 0.2) is 0 Å². The van der Waals surface area contributed by atoms with Crippen molar-refractivity contribution in [2.75, 3.05) is 13.2 Å². The van der Waals surface area contributed by atoms with Gasteiger partial charge in [0.25, 0.3) is 0 Å². The summed E-state index contributed by atoms with van der Waals surface area (Å²) in [5.41, 5.74) is 0.218. The minimum absolute atomic E-state index is 0.209. The van der Waals surface area contributed by atoms with Gasteiger partial charge in [-0.2, -0.15) is 0 Å². The Hall–Kier alpha value is -0.570. The number of carboxylic acid groups (broad SMARTS) is 1. The van der Waals surface area contributed by atoms with Crippen LogP contribution < -0.4 is 0 Å². The van der Waals surface area contributed by atoms with Gasteiger partial charge in [0.2, 0.25) is 0 Å². The Balaban J connectivity index is 2.10. The minimum atomic E-state index is -0.650. The second-order valence-corrected chi connectivity index (χ2v) is 4.79. The van der Waals surface area contributed by atoms with Gasteiger partial charge in [-0.05, 0) is 30.6 Å². The van der Waals surface area contributed by atoms with Crippen molar-refractivity contribution in [3.8, 4) is 0 Å². The molecule has 0 radical (unpaired) electrons. The molecule has 3 heteroatoms. The second-order valence-electron chi connectivity index (χ2n) is 4.79. The van der Waals surface area contributed by atoms with Crippen LogP contribution in [0.25, 0.3) is 0 Å². The Labute approximate surface area is 84.4 Å². The topological polar surface area (TPSA) is 46.5 Å². The van der Waals surface area contributed by atoms with E-state index in [-0.39, 0.29) is 11.3 Å². The molecule has 0 aromatic heterocycles. The van der Waals surface area contributed by atoms with E-state index < -0.39 is 5.97 Å². The van der Waals surface area contributed by atoms with Crippen LogP contribution in [-0.4, -0.2) is 24.3 Å². The molecule has 0 aromatic carbocycles. The summed E-state index contributed by atoms with van der Waals surface area (Å²) in [5.74, 6) is -0.523. The van der Waals surface area contributed by atoms with Crippen molar-refractivity contribution in [2.45, 2.75) is 32.6 Å². The molecule has 1 N–H and O–H groups in total. The number of hydrogen-bond donors (Lipinski definition) is 1. The van der Waals surface area contributed by atoms with Crippen LogP contribution >= 0.6 is 0 Å². The fourth-order valence-electron chi connectivity index (χ4n) is 3.00. The lowest BCUT2D eigenvalue weighted by molar-refractivity contribution is -0.156. The van der Waals surface area contributed by atoms with Gasteiger partial charge < -0.3 is 9.84 Å². The van der Waals surface area contributed by atoms with E-state index in [1.165, 1.54) is 6.42 Å². The van der Waals surface area contributed by atoms with E-state index in [4.69, 9.17) is 9.84 Å². The quantitative estimate of drug-likeness (QED) is 0.737. The lowest BCUT2D eigenvalue weighted by atomic mass is 9.57. The van der Waals surface area contributed by atoms with Crippen molar-refractivity contribution in [1.82, 2.24) is 0 Å². The van der Waals surface area contributed by atoms with Gasteiger partial charge in [-0.3, -0.25) is 4.79 Å². The average Bonchev–Trinajstić information content (AvgIpc) is 2.14. The van der Waals surface area contributed by atoms with E-state index in [0.29, 0.717) is 5.92 Å². The number of rotatable bonds is 2. The Kier molecular flexibility index (Phi) is 2.52. The highest BCUT2D eigenvalue weighted by Crippen LogP contribution is 2.53. The molecular weight excluding hydrogens is 180 g/mol. The molecule has 2 rings (SSSR count). The third-order valence-corrected chi connectivity index (χ3v) is 4.09. The standard InChI is InChI=1S/C11H18O3/c1-8(10(12)13)9-3-6-14-7-11(9)4-2-5-11/h8-9H,2-7H2,1H3,(H,12,13). The summed E-state index contributed by atoms with van der Waals surface area (Å²) in [6.45, 7) is 3.37. The second kappa shape index (κ2) is 3.54. The van der Waals surface area contributed by atoms with Gasteiger partial charge in [0.1, 0.15) is 0 Å². The third-order valence-electron chi connectivity index (χ3n) is 4.09. The van der Waals surface area contributed by atoms with Gasteiger partial charge >= 0.3 is 5.97 Å². The predicted octanol–water partition coefficient (Wildman–Crippen LogP) is 1.91. The largest absolute Gasteiger partial charge is 0.481 e. The Bertz CT molecular complexity index is 233. The van der Waals surface area contributed by atoms with Crippen LogP contribution in [0.4, 0.5) is 0 Å². The molecule has 1 saturated carbocycles. The summed E-state index contributed by atoms with van der Waals surface area (Å²) >= 11 is 0. The maximum Gasteiger partial charge on any atom is 0.306 e. The lowest BCUT2D eigenvalue weighted by Gasteiger charge is -2.51. The third kappa shape index (κ3) is 1.44. The smallest absolute Gasteiger partial charge is 0.306 e. The molecule has 0 amide bonds. The van der Waals surface area contributed by atoms with E-state index >= 15 is 0 Å². The molecule has 1 spiro atoms. The molecule has 2 atom stereocenters. The molecule has 2 aliphatic rings.